The summed E-state index contributed by atoms with van der Waals surface area (Å²) in [6, 6.07) is 0.568. The van der Waals surface area contributed by atoms with Crippen LogP contribution in [0, 0.1) is 6.92 Å². The molecule has 1 saturated carbocycles. The maximum absolute atomic E-state index is 10.5. The summed E-state index contributed by atoms with van der Waals surface area (Å²) in [5.74, 6) is -0.797. The molecule has 2 N–H and O–H groups in total. The van der Waals surface area contributed by atoms with Crippen molar-refractivity contribution >= 4 is 22.4 Å². The molecular weight excluding hydrogens is 200 g/mol. The standard InChI is InChI=1S/C9H12N2O2S/c1-5-7(4-8(12)13)14-9(10-5)11-6-2-3-6/h6H,2-4H2,1H3,(H,10,11)(H,12,13). The van der Waals surface area contributed by atoms with Gasteiger partial charge in [-0.2, -0.15) is 0 Å². The summed E-state index contributed by atoms with van der Waals surface area (Å²) in [6.45, 7) is 1.85. The minimum Gasteiger partial charge on any atom is -0.481 e. The number of thiazole rings is 1. The Morgan fingerprint density at radius 1 is 1.71 bits per heavy atom. The Hall–Kier alpha value is -1.10. The van der Waals surface area contributed by atoms with Crippen LogP contribution < -0.4 is 5.32 Å². The van der Waals surface area contributed by atoms with Gasteiger partial charge in [0.05, 0.1) is 12.1 Å². The quantitative estimate of drug-likeness (QED) is 0.796. The Bertz CT molecular complexity index is 358. The van der Waals surface area contributed by atoms with Crippen LogP contribution >= 0.6 is 11.3 Å². The van der Waals surface area contributed by atoms with E-state index >= 15 is 0 Å². The van der Waals surface area contributed by atoms with E-state index in [1.165, 1.54) is 24.2 Å². The molecule has 1 fully saturated rings. The minimum absolute atomic E-state index is 0.0792. The van der Waals surface area contributed by atoms with Crippen molar-refractivity contribution in [3.63, 3.8) is 0 Å². The van der Waals surface area contributed by atoms with E-state index in [4.69, 9.17) is 5.11 Å². The van der Waals surface area contributed by atoms with Gasteiger partial charge in [-0.05, 0) is 19.8 Å². The van der Waals surface area contributed by atoms with Crippen molar-refractivity contribution in [3.8, 4) is 0 Å². The van der Waals surface area contributed by atoms with Crippen molar-refractivity contribution in [2.24, 2.45) is 0 Å². The largest absolute Gasteiger partial charge is 0.481 e. The second-order valence-electron chi connectivity index (χ2n) is 3.52. The molecule has 5 heteroatoms. The molecule has 2 rings (SSSR count). The van der Waals surface area contributed by atoms with E-state index in [1.54, 1.807) is 0 Å². The summed E-state index contributed by atoms with van der Waals surface area (Å²) in [7, 11) is 0. The van der Waals surface area contributed by atoms with E-state index in [0.29, 0.717) is 6.04 Å². The SMILES string of the molecule is Cc1nc(NC2CC2)sc1CC(=O)O. The minimum atomic E-state index is -0.797. The molecule has 1 heterocycles. The molecule has 0 unspecified atom stereocenters. The molecule has 76 valence electrons. The first-order chi connectivity index (χ1) is 6.65. The van der Waals surface area contributed by atoms with Crippen molar-refractivity contribution in [2.45, 2.75) is 32.2 Å². The number of nitrogens with one attached hydrogen (secondary N) is 1. The first-order valence-electron chi connectivity index (χ1n) is 4.60. The zero-order valence-corrected chi connectivity index (χ0v) is 8.73. The van der Waals surface area contributed by atoms with E-state index < -0.39 is 5.97 Å². The molecule has 1 aromatic heterocycles. The van der Waals surface area contributed by atoms with Gasteiger partial charge >= 0.3 is 5.97 Å². The third-order valence-corrected chi connectivity index (χ3v) is 3.20. The Kier molecular flexibility index (Phi) is 2.41. The normalized spacial score (nSPS) is 15.5. The summed E-state index contributed by atoms with van der Waals surface area (Å²) in [4.78, 5) is 15.7. The van der Waals surface area contributed by atoms with Gasteiger partial charge in [0.25, 0.3) is 0 Å². The highest BCUT2D eigenvalue weighted by Gasteiger charge is 2.22. The molecule has 1 aliphatic carbocycles. The maximum Gasteiger partial charge on any atom is 0.308 e. The monoisotopic (exact) mass is 212 g/mol. The topological polar surface area (TPSA) is 62.2 Å². The number of aromatic nitrogens is 1. The number of aryl methyl sites for hydroxylation is 1. The number of carboxylic acids is 1. The van der Waals surface area contributed by atoms with Crippen LogP contribution in [0.15, 0.2) is 0 Å². The van der Waals surface area contributed by atoms with Crippen molar-refractivity contribution in [3.05, 3.63) is 10.6 Å². The first-order valence-corrected chi connectivity index (χ1v) is 5.41. The molecule has 0 atom stereocenters. The summed E-state index contributed by atoms with van der Waals surface area (Å²) >= 11 is 1.45. The maximum atomic E-state index is 10.5. The molecule has 0 amide bonds. The summed E-state index contributed by atoms with van der Waals surface area (Å²) in [5.41, 5.74) is 0.834. The lowest BCUT2D eigenvalue weighted by molar-refractivity contribution is -0.136. The molecule has 0 bridgehead atoms. The van der Waals surface area contributed by atoms with Gasteiger partial charge in [0, 0.05) is 10.9 Å². The van der Waals surface area contributed by atoms with Crippen LogP contribution in [0.2, 0.25) is 0 Å². The average Bonchev–Trinajstić information content (AvgIpc) is 2.79. The second-order valence-corrected chi connectivity index (χ2v) is 4.60. The molecule has 0 saturated heterocycles. The lowest BCUT2D eigenvalue weighted by atomic mass is 10.3. The van der Waals surface area contributed by atoms with Gasteiger partial charge in [-0.15, -0.1) is 11.3 Å². The van der Waals surface area contributed by atoms with Gasteiger partial charge in [-0.3, -0.25) is 4.79 Å². The number of hydrogen-bond acceptors (Lipinski definition) is 4. The Balaban J connectivity index is 2.07. The highest BCUT2D eigenvalue weighted by atomic mass is 32.1. The summed E-state index contributed by atoms with van der Waals surface area (Å²) in [6.07, 6.45) is 2.48. The van der Waals surface area contributed by atoms with E-state index in [-0.39, 0.29) is 6.42 Å². The van der Waals surface area contributed by atoms with Crippen molar-refractivity contribution in [1.82, 2.24) is 4.98 Å². The van der Waals surface area contributed by atoms with Crippen LogP contribution in [0.5, 0.6) is 0 Å². The van der Waals surface area contributed by atoms with Gasteiger partial charge in [-0.25, -0.2) is 4.98 Å². The Morgan fingerprint density at radius 2 is 2.43 bits per heavy atom. The average molecular weight is 212 g/mol. The number of carbonyl (C=O) groups is 1. The van der Waals surface area contributed by atoms with Crippen LogP contribution in [-0.4, -0.2) is 22.1 Å². The van der Waals surface area contributed by atoms with Gasteiger partial charge in [0.2, 0.25) is 0 Å². The summed E-state index contributed by atoms with van der Waals surface area (Å²) in [5, 5.41) is 12.8. The fourth-order valence-electron chi connectivity index (χ4n) is 1.19. The Morgan fingerprint density at radius 3 is 3.00 bits per heavy atom. The molecule has 14 heavy (non-hydrogen) atoms. The molecule has 0 spiro atoms. The smallest absolute Gasteiger partial charge is 0.308 e. The van der Waals surface area contributed by atoms with Gasteiger partial charge in [-0.1, -0.05) is 0 Å². The fourth-order valence-corrected chi connectivity index (χ4v) is 2.22. The molecular formula is C9H12N2O2S. The number of rotatable bonds is 4. The molecule has 0 radical (unpaired) electrons. The lowest BCUT2D eigenvalue weighted by Crippen LogP contribution is -1.99. The van der Waals surface area contributed by atoms with Crippen molar-refractivity contribution in [1.29, 1.82) is 0 Å². The second kappa shape index (κ2) is 3.57. The van der Waals surface area contributed by atoms with Crippen LogP contribution in [0.4, 0.5) is 5.13 Å². The summed E-state index contributed by atoms with van der Waals surface area (Å²) < 4.78 is 0. The van der Waals surface area contributed by atoms with Crippen molar-refractivity contribution < 1.29 is 9.90 Å². The van der Waals surface area contributed by atoms with Gasteiger partial charge < -0.3 is 10.4 Å². The number of nitrogens with zero attached hydrogens (tertiary/aromatic N) is 1. The lowest BCUT2D eigenvalue weighted by Gasteiger charge is -1.95. The van der Waals surface area contributed by atoms with Gasteiger partial charge in [0.15, 0.2) is 5.13 Å². The predicted molar refractivity (Wildman–Crippen MR) is 54.8 cm³/mol. The van der Waals surface area contributed by atoms with E-state index in [9.17, 15) is 4.79 Å². The first kappa shape index (κ1) is 9.45. The highest BCUT2D eigenvalue weighted by Crippen LogP contribution is 2.29. The molecule has 1 aromatic rings. The number of aliphatic carboxylic acids is 1. The Labute approximate surface area is 86.0 Å². The number of carboxylic acid groups (broad SMARTS) is 1. The van der Waals surface area contributed by atoms with Gasteiger partial charge in [0.1, 0.15) is 0 Å². The zero-order chi connectivity index (χ0) is 10.1. The third kappa shape index (κ3) is 2.23. The van der Waals surface area contributed by atoms with Crippen molar-refractivity contribution in [2.75, 3.05) is 5.32 Å². The molecule has 4 nitrogen and oxygen atoms in total. The molecule has 1 aliphatic rings. The van der Waals surface area contributed by atoms with Crippen LogP contribution in [0.1, 0.15) is 23.4 Å². The number of hydrogen-bond donors (Lipinski definition) is 2. The molecule has 0 aliphatic heterocycles. The fraction of sp³-hybridized carbons (Fsp3) is 0.556. The molecule has 0 aromatic carbocycles. The zero-order valence-electron chi connectivity index (χ0n) is 7.91. The van der Waals surface area contributed by atoms with Crippen LogP contribution in [0.25, 0.3) is 0 Å². The van der Waals surface area contributed by atoms with Crippen LogP contribution in [-0.2, 0) is 11.2 Å². The van der Waals surface area contributed by atoms with E-state index in [1.807, 2.05) is 6.92 Å². The van der Waals surface area contributed by atoms with E-state index in [0.717, 1.165) is 15.7 Å². The van der Waals surface area contributed by atoms with E-state index in [2.05, 4.69) is 10.3 Å². The predicted octanol–water partition coefficient (Wildman–Crippen LogP) is 1.65. The third-order valence-electron chi connectivity index (χ3n) is 2.11. The highest BCUT2D eigenvalue weighted by molar-refractivity contribution is 7.15. The number of anilines is 1. The van der Waals surface area contributed by atoms with Crippen LogP contribution in [0.3, 0.4) is 0 Å².